The lowest BCUT2D eigenvalue weighted by atomic mass is 9.76. The maximum atomic E-state index is 12.8. The first-order chi connectivity index (χ1) is 11.2. The Hall–Kier alpha value is -2.82. The fraction of sp³-hybridized carbons (Fsp3) is 0.222. The molecule has 2 N–H and O–H groups in total. The number of rotatable bonds is 2. The first-order valence-electron chi connectivity index (χ1n) is 7.62. The second kappa shape index (κ2) is 5.43. The predicted octanol–water partition coefficient (Wildman–Crippen LogP) is 2.89. The number of benzene rings is 1. The van der Waals surface area contributed by atoms with Gasteiger partial charge in [0, 0.05) is 18.0 Å². The number of furan rings is 1. The van der Waals surface area contributed by atoms with Gasteiger partial charge in [-0.1, -0.05) is 36.4 Å². The van der Waals surface area contributed by atoms with Crippen LogP contribution in [0.25, 0.3) is 0 Å². The number of amides is 2. The van der Waals surface area contributed by atoms with E-state index in [-0.39, 0.29) is 17.7 Å². The molecular formula is C18H16N2O3. The highest BCUT2D eigenvalue weighted by Gasteiger charge is 2.42. The van der Waals surface area contributed by atoms with E-state index >= 15 is 0 Å². The summed E-state index contributed by atoms with van der Waals surface area (Å²) in [6.45, 7) is 0. The van der Waals surface area contributed by atoms with Crippen molar-refractivity contribution in [3.8, 4) is 0 Å². The molecular weight excluding hydrogens is 292 g/mol. The number of allylic oxidation sites excluding steroid dienone is 1. The Balaban J connectivity index is 1.72. The zero-order valence-electron chi connectivity index (χ0n) is 12.4. The van der Waals surface area contributed by atoms with E-state index in [1.807, 2.05) is 36.4 Å². The zero-order chi connectivity index (χ0) is 15.8. The van der Waals surface area contributed by atoms with Crippen LogP contribution in [0.15, 0.2) is 64.9 Å². The van der Waals surface area contributed by atoms with Crippen molar-refractivity contribution < 1.29 is 14.0 Å². The molecule has 2 heterocycles. The summed E-state index contributed by atoms with van der Waals surface area (Å²) in [7, 11) is 0. The minimum atomic E-state index is -0.450. The Morgan fingerprint density at radius 3 is 2.61 bits per heavy atom. The van der Waals surface area contributed by atoms with Gasteiger partial charge < -0.3 is 15.1 Å². The quantitative estimate of drug-likeness (QED) is 0.896. The standard InChI is InChI=1S/C18H16N2O3/c21-14-10-12(11-5-2-1-3-6-11)9-13-16(14)17(20-18(22)19-13)15-7-4-8-23-15/h1-9,12,16-17H,10H2,(H2,19,20,22)/t12-,16+,17-/m1/s1. The van der Waals surface area contributed by atoms with E-state index in [2.05, 4.69) is 10.6 Å². The van der Waals surface area contributed by atoms with Crippen molar-refractivity contribution in [3.63, 3.8) is 0 Å². The Kier molecular flexibility index (Phi) is 3.26. The molecule has 116 valence electrons. The molecule has 1 aromatic carbocycles. The number of carbonyl (C=O) groups excluding carboxylic acids is 2. The lowest BCUT2D eigenvalue weighted by Crippen LogP contribution is -2.52. The summed E-state index contributed by atoms with van der Waals surface area (Å²) in [6, 6.07) is 12.6. The van der Waals surface area contributed by atoms with Crippen molar-refractivity contribution in [2.24, 2.45) is 5.92 Å². The van der Waals surface area contributed by atoms with Crippen molar-refractivity contribution in [1.82, 2.24) is 10.6 Å². The molecule has 0 radical (unpaired) electrons. The molecule has 0 bridgehead atoms. The van der Waals surface area contributed by atoms with E-state index in [9.17, 15) is 9.59 Å². The Morgan fingerprint density at radius 1 is 1.04 bits per heavy atom. The average Bonchev–Trinajstić information content (AvgIpc) is 3.09. The van der Waals surface area contributed by atoms with Crippen LogP contribution in [0.3, 0.4) is 0 Å². The minimum Gasteiger partial charge on any atom is -0.467 e. The van der Waals surface area contributed by atoms with E-state index in [1.165, 1.54) is 0 Å². The molecule has 1 aliphatic heterocycles. The molecule has 2 amide bonds. The van der Waals surface area contributed by atoms with E-state index in [0.717, 1.165) is 5.56 Å². The molecule has 2 aliphatic rings. The monoisotopic (exact) mass is 308 g/mol. The van der Waals surface area contributed by atoms with Crippen LogP contribution in [0.5, 0.6) is 0 Å². The van der Waals surface area contributed by atoms with Crippen LogP contribution in [-0.2, 0) is 4.79 Å². The van der Waals surface area contributed by atoms with Crippen LogP contribution >= 0.6 is 0 Å². The molecule has 4 rings (SSSR count). The lowest BCUT2D eigenvalue weighted by Gasteiger charge is -2.37. The lowest BCUT2D eigenvalue weighted by molar-refractivity contribution is -0.123. The summed E-state index contributed by atoms with van der Waals surface area (Å²) in [5.41, 5.74) is 1.74. The van der Waals surface area contributed by atoms with Crippen LogP contribution in [0.1, 0.15) is 29.7 Å². The maximum Gasteiger partial charge on any atom is 0.319 e. The van der Waals surface area contributed by atoms with Crippen LogP contribution in [0.2, 0.25) is 0 Å². The van der Waals surface area contributed by atoms with Crippen LogP contribution in [0, 0.1) is 5.92 Å². The number of fused-ring (bicyclic) bond motifs is 1. The number of hydrogen-bond donors (Lipinski definition) is 2. The highest BCUT2D eigenvalue weighted by Crippen LogP contribution is 2.39. The first kappa shape index (κ1) is 13.8. The van der Waals surface area contributed by atoms with Crippen molar-refractivity contribution in [2.45, 2.75) is 18.4 Å². The molecule has 2 aromatic rings. The van der Waals surface area contributed by atoms with Crippen molar-refractivity contribution in [1.29, 1.82) is 0 Å². The fourth-order valence-electron chi connectivity index (χ4n) is 3.39. The Labute approximate surface area is 133 Å². The molecule has 1 fully saturated rings. The van der Waals surface area contributed by atoms with Crippen LogP contribution in [0.4, 0.5) is 4.79 Å². The van der Waals surface area contributed by atoms with Crippen molar-refractivity contribution in [2.75, 3.05) is 0 Å². The highest BCUT2D eigenvalue weighted by molar-refractivity contribution is 5.91. The highest BCUT2D eigenvalue weighted by atomic mass is 16.3. The minimum absolute atomic E-state index is 0.00870. The van der Waals surface area contributed by atoms with Gasteiger partial charge in [0.05, 0.1) is 12.2 Å². The zero-order valence-corrected chi connectivity index (χ0v) is 12.4. The number of carbonyl (C=O) groups is 2. The van der Waals surface area contributed by atoms with E-state index in [4.69, 9.17) is 4.42 Å². The number of hydrogen-bond acceptors (Lipinski definition) is 3. The molecule has 5 nitrogen and oxygen atoms in total. The molecule has 1 saturated heterocycles. The number of ketones is 1. The number of urea groups is 1. The summed E-state index contributed by atoms with van der Waals surface area (Å²) in [6.07, 6.45) is 3.97. The number of nitrogens with one attached hydrogen (secondary N) is 2. The largest absolute Gasteiger partial charge is 0.467 e. The fourth-order valence-corrected chi connectivity index (χ4v) is 3.39. The molecule has 5 heteroatoms. The smallest absolute Gasteiger partial charge is 0.319 e. The topological polar surface area (TPSA) is 71.3 Å². The third-order valence-electron chi connectivity index (χ3n) is 4.44. The third-order valence-corrected chi connectivity index (χ3v) is 4.44. The van der Waals surface area contributed by atoms with Crippen molar-refractivity contribution >= 4 is 11.8 Å². The first-order valence-corrected chi connectivity index (χ1v) is 7.62. The van der Waals surface area contributed by atoms with Crippen LogP contribution < -0.4 is 10.6 Å². The summed E-state index contributed by atoms with van der Waals surface area (Å²) in [4.78, 5) is 24.7. The van der Waals surface area contributed by atoms with Gasteiger partial charge in [-0.25, -0.2) is 4.79 Å². The molecule has 0 unspecified atom stereocenters. The molecule has 3 atom stereocenters. The molecule has 0 saturated carbocycles. The van der Waals surface area contributed by atoms with E-state index < -0.39 is 12.0 Å². The summed E-state index contributed by atoms with van der Waals surface area (Å²) < 4.78 is 5.41. The number of Topliss-reactive ketones (excluding diaryl/α,β-unsaturated/α-hetero) is 1. The summed E-state index contributed by atoms with van der Waals surface area (Å²) >= 11 is 0. The van der Waals surface area contributed by atoms with Gasteiger partial charge in [-0.2, -0.15) is 0 Å². The van der Waals surface area contributed by atoms with E-state index in [1.54, 1.807) is 18.4 Å². The molecule has 1 aliphatic carbocycles. The Bertz CT molecular complexity index is 765. The average molecular weight is 308 g/mol. The van der Waals surface area contributed by atoms with E-state index in [0.29, 0.717) is 17.9 Å². The van der Waals surface area contributed by atoms with Gasteiger partial charge in [0.25, 0.3) is 0 Å². The van der Waals surface area contributed by atoms with Crippen LogP contribution in [-0.4, -0.2) is 11.8 Å². The third kappa shape index (κ3) is 2.44. The Morgan fingerprint density at radius 2 is 1.87 bits per heavy atom. The van der Waals surface area contributed by atoms with Gasteiger partial charge in [0.2, 0.25) is 0 Å². The molecule has 0 spiro atoms. The predicted molar refractivity (Wildman–Crippen MR) is 83.5 cm³/mol. The maximum absolute atomic E-state index is 12.8. The van der Waals surface area contributed by atoms with Gasteiger partial charge in [-0.3, -0.25) is 4.79 Å². The van der Waals surface area contributed by atoms with Gasteiger partial charge in [0.1, 0.15) is 17.6 Å². The SMILES string of the molecule is O=C1NC2=C[C@@H](c3ccccc3)CC(=O)[C@H]2[C@@H](c2ccco2)N1. The van der Waals surface area contributed by atoms with Gasteiger partial charge in [0.15, 0.2) is 0 Å². The van der Waals surface area contributed by atoms with Crippen molar-refractivity contribution in [3.05, 3.63) is 71.8 Å². The second-order valence-corrected chi connectivity index (χ2v) is 5.88. The normalized spacial score (nSPS) is 26.8. The summed E-state index contributed by atoms with van der Waals surface area (Å²) in [5.74, 6) is 0.275. The molecule has 1 aromatic heterocycles. The second-order valence-electron chi connectivity index (χ2n) is 5.88. The summed E-state index contributed by atoms with van der Waals surface area (Å²) in [5, 5.41) is 5.59. The van der Waals surface area contributed by atoms with Gasteiger partial charge >= 0.3 is 6.03 Å². The van der Waals surface area contributed by atoms with Gasteiger partial charge in [-0.15, -0.1) is 0 Å². The molecule has 23 heavy (non-hydrogen) atoms. The van der Waals surface area contributed by atoms with Gasteiger partial charge in [-0.05, 0) is 17.7 Å².